The van der Waals surface area contributed by atoms with Crippen molar-refractivity contribution in [2.45, 2.75) is 45.5 Å². The summed E-state index contributed by atoms with van der Waals surface area (Å²) in [5.74, 6) is 0.514. The molecular weight excluding hydrogens is 471 g/mol. The number of hydrogen-bond donors (Lipinski definition) is 1. The molecule has 0 spiro atoms. The largest absolute Gasteiger partial charge is 0.464 e. The molecular formula is C27H24F3N3O3. The van der Waals surface area contributed by atoms with E-state index in [0.29, 0.717) is 59.4 Å². The average Bonchev–Trinajstić information content (AvgIpc) is 2.85. The normalized spacial score (nSPS) is 14.4. The van der Waals surface area contributed by atoms with Crippen LogP contribution in [0.25, 0.3) is 22.4 Å². The zero-order chi connectivity index (χ0) is 25.6. The third-order valence-corrected chi connectivity index (χ3v) is 6.56. The summed E-state index contributed by atoms with van der Waals surface area (Å²) < 4.78 is 44.3. The van der Waals surface area contributed by atoms with E-state index in [9.17, 15) is 22.8 Å². The van der Waals surface area contributed by atoms with Crippen LogP contribution in [-0.2, 0) is 25.7 Å². The second-order valence-corrected chi connectivity index (χ2v) is 9.38. The minimum absolute atomic E-state index is 0.0887. The number of nitrogens with one attached hydrogen (secondary N) is 1. The van der Waals surface area contributed by atoms with Crippen LogP contribution in [0.5, 0.6) is 0 Å². The van der Waals surface area contributed by atoms with Gasteiger partial charge in [0.2, 0.25) is 0 Å². The van der Waals surface area contributed by atoms with Crippen molar-refractivity contribution in [3.63, 3.8) is 0 Å². The lowest BCUT2D eigenvalue weighted by molar-refractivity contribution is -0.137. The number of fused-ring (bicyclic) bond motifs is 2. The van der Waals surface area contributed by atoms with E-state index >= 15 is 0 Å². The fourth-order valence-corrected chi connectivity index (χ4v) is 4.47. The number of H-pyrrole nitrogens is 1. The Morgan fingerprint density at radius 3 is 2.56 bits per heavy atom. The topological polar surface area (TPSA) is 79.2 Å². The lowest BCUT2D eigenvalue weighted by Gasteiger charge is -2.27. The van der Waals surface area contributed by atoms with Gasteiger partial charge in [-0.15, -0.1) is 0 Å². The highest BCUT2D eigenvalue weighted by molar-refractivity contribution is 5.77. The second-order valence-electron chi connectivity index (χ2n) is 9.38. The number of aromatic amines is 1. The molecule has 186 valence electrons. The predicted molar refractivity (Wildman–Crippen MR) is 130 cm³/mol. The Morgan fingerprint density at radius 1 is 1.11 bits per heavy atom. The minimum Gasteiger partial charge on any atom is -0.464 e. The van der Waals surface area contributed by atoms with Crippen LogP contribution in [0, 0.1) is 0 Å². The third-order valence-electron chi connectivity index (χ3n) is 6.56. The summed E-state index contributed by atoms with van der Waals surface area (Å²) in [6, 6.07) is 10.2. The molecule has 6 nitrogen and oxygen atoms in total. The lowest BCUT2D eigenvalue weighted by atomic mass is 10.0. The van der Waals surface area contributed by atoms with E-state index in [1.54, 1.807) is 0 Å². The zero-order valence-electron chi connectivity index (χ0n) is 19.8. The van der Waals surface area contributed by atoms with E-state index in [2.05, 4.69) is 23.8 Å². The summed E-state index contributed by atoms with van der Waals surface area (Å²) in [6.07, 6.45) is -2.48. The molecule has 4 aromatic rings. The van der Waals surface area contributed by atoms with Gasteiger partial charge in [0.1, 0.15) is 11.4 Å². The van der Waals surface area contributed by atoms with Crippen molar-refractivity contribution in [2.24, 2.45) is 0 Å². The number of benzene rings is 2. The van der Waals surface area contributed by atoms with Crippen LogP contribution in [0.15, 0.2) is 62.7 Å². The molecule has 0 atom stereocenters. The molecule has 0 bridgehead atoms. The summed E-state index contributed by atoms with van der Waals surface area (Å²) in [5, 5.41) is 0.539. The molecule has 1 aliphatic rings. The average molecular weight is 496 g/mol. The Kier molecular flexibility index (Phi) is 6.04. The van der Waals surface area contributed by atoms with E-state index in [0.717, 1.165) is 17.7 Å². The van der Waals surface area contributed by atoms with Crippen molar-refractivity contribution >= 4 is 11.0 Å². The first kappa shape index (κ1) is 24.0. The molecule has 2 aromatic carbocycles. The van der Waals surface area contributed by atoms with Gasteiger partial charge in [-0.05, 0) is 35.7 Å². The van der Waals surface area contributed by atoms with Crippen LogP contribution in [0.1, 0.15) is 47.7 Å². The molecule has 5 rings (SSSR count). The molecule has 0 aliphatic carbocycles. The van der Waals surface area contributed by atoms with Gasteiger partial charge in [0.15, 0.2) is 5.43 Å². The highest BCUT2D eigenvalue weighted by Crippen LogP contribution is 2.30. The van der Waals surface area contributed by atoms with Crippen molar-refractivity contribution in [3.8, 4) is 11.4 Å². The van der Waals surface area contributed by atoms with Gasteiger partial charge < -0.3 is 9.40 Å². The van der Waals surface area contributed by atoms with Gasteiger partial charge in [-0.3, -0.25) is 14.5 Å². The maximum atomic E-state index is 13.1. The van der Waals surface area contributed by atoms with Crippen molar-refractivity contribution in [2.75, 3.05) is 6.54 Å². The van der Waals surface area contributed by atoms with Crippen molar-refractivity contribution < 1.29 is 17.6 Å². The Morgan fingerprint density at radius 2 is 1.86 bits per heavy atom. The van der Waals surface area contributed by atoms with Gasteiger partial charge >= 0.3 is 6.18 Å². The third kappa shape index (κ3) is 4.58. The quantitative estimate of drug-likeness (QED) is 0.419. The summed E-state index contributed by atoms with van der Waals surface area (Å²) in [5.41, 5.74) is 2.41. The van der Waals surface area contributed by atoms with Gasteiger partial charge in [0.25, 0.3) is 5.56 Å². The summed E-state index contributed by atoms with van der Waals surface area (Å²) in [6.45, 7) is 5.32. The first-order chi connectivity index (χ1) is 17.1. The van der Waals surface area contributed by atoms with E-state index in [1.165, 1.54) is 18.4 Å². The highest BCUT2D eigenvalue weighted by Gasteiger charge is 2.30. The Balaban J connectivity index is 1.38. The molecule has 3 heterocycles. The van der Waals surface area contributed by atoms with E-state index in [4.69, 9.17) is 4.42 Å². The van der Waals surface area contributed by atoms with Gasteiger partial charge in [-0.1, -0.05) is 32.0 Å². The maximum Gasteiger partial charge on any atom is 0.416 e. The molecule has 0 fully saturated rings. The second kappa shape index (κ2) is 9.05. The number of rotatable bonds is 4. The Bertz CT molecular complexity index is 1550. The Hall–Kier alpha value is -3.72. The molecule has 0 saturated heterocycles. The van der Waals surface area contributed by atoms with Gasteiger partial charge in [0.05, 0.1) is 28.5 Å². The fraction of sp³-hybridized carbons (Fsp3) is 0.296. The number of hydrogen-bond acceptors (Lipinski definition) is 5. The molecule has 0 radical (unpaired) electrons. The van der Waals surface area contributed by atoms with E-state index < -0.39 is 11.7 Å². The maximum absolute atomic E-state index is 13.1. The van der Waals surface area contributed by atoms with Crippen LogP contribution < -0.4 is 11.0 Å². The SMILES string of the molecule is CC(C)c1ccc2occ(CN3CCc4nc(-c5ccc(C(F)(F)F)cc5)[nH]c(=O)c4C3)c(=O)c2c1. The molecule has 2 aromatic heterocycles. The van der Waals surface area contributed by atoms with Crippen LogP contribution in [0.3, 0.4) is 0 Å². The van der Waals surface area contributed by atoms with Crippen LogP contribution >= 0.6 is 0 Å². The number of halogens is 3. The number of aromatic nitrogens is 2. The molecule has 1 N–H and O–H groups in total. The smallest absolute Gasteiger partial charge is 0.416 e. The van der Waals surface area contributed by atoms with Gasteiger partial charge in [0, 0.05) is 37.2 Å². The molecule has 9 heteroatoms. The monoisotopic (exact) mass is 495 g/mol. The van der Waals surface area contributed by atoms with E-state index in [-0.39, 0.29) is 22.7 Å². The molecule has 0 saturated carbocycles. The van der Waals surface area contributed by atoms with E-state index in [1.807, 2.05) is 23.1 Å². The first-order valence-electron chi connectivity index (χ1n) is 11.7. The number of alkyl halides is 3. The molecule has 1 aliphatic heterocycles. The number of nitrogens with zero attached hydrogens (tertiary/aromatic N) is 2. The first-order valence-corrected chi connectivity index (χ1v) is 11.7. The van der Waals surface area contributed by atoms with Crippen molar-refractivity contribution in [3.05, 3.63) is 97.3 Å². The summed E-state index contributed by atoms with van der Waals surface area (Å²) in [7, 11) is 0. The minimum atomic E-state index is -4.43. The van der Waals surface area contributed by atoms with Gasteiger partial charge in [-0.25, -0.2) is 4.98 Å². The summed E-state index contributed by atoms with van der Waals surface area (Å²) >= 11 is 0. The molecule has 0 amide bonds. The lowest BCUT2D eigenvalue weighted by Crippen LogP contribution is -2.36. The Labute approximate surface area is 204 Å². The standard InChI is InChI=1S/C27H24F3N3O3/c1-15(2)17-5-8-23-20(11-17)24(34)18(14-36-23)12-33-10-9-22-21(13-33)26(35)32-25(31-22)16-3-6-19(7-4-16)27(28,29)30/h3-8,11,14-15H,9-10,12-13H2,1-2H3,(H,31,32,35). The van der Waals surface area contributed by atoms with Crippen molar-refractivity contribution in [1.82, 2.24) is 14.9 Å². The molecule has 0 unspecified atom stereocenters. The van der Waals surface area contributed by atoms with Crippen molar-refractivity contribution in [1.29, 1.82) is 0 Å². The van der Waals surface area contributed by atoms with Crippen LogP contribution in [0.2, 0.25) is 0 Å². The highest BCUT2D eigenvalue weighted by atomic mass is 19.4. The molecule has 36 heavy (non-hydrogen) atoms. The zero-order valence-corrected chi connectivity index (χ0v) is 19.8. The van der Waals surface area contributed by atoms with Crippen LogP contribution in [-0.4, -0.2) is 21.4 Å². The van der Waals surface area contributed by atoms with Crippen LogP contribution in [0.4, 0.5) is 13.2 Å². The fourth-order valence-electron chi connectivity index (χ4n) is 4.47. The summed E-state index contributed by atoms with van der Waals surface area (Å²) in [4.78, 5) is 35.2. The van der Waals surface area contributed by atoms with Gasteiger partial charge in [-0.2, -0.15) is 13.2 Å². The predicted octanol–water partition coefficient (Wildman–Crippen LogP) is 5.24.